The van der Waals surface area contributed by atoms with Crippen LogP contribution in [0.5, 0.6) is 0 Å². The van der Waals surface area contributed by atoms with Gasteiger partial charge < -0.3 is 19.5 Å². The van der Waals surface area contributed by atoms with Gasteiger partial charge >= 0.3 is 12.2 Å². The van der Waals surface area contributed by atoms with Gasteiger partial charge in [-0.2, -0.15) is 0 Å². The minimum atomic E-state index is -0.315. The molecule has 2 amide bonds. The maximum Gasteiger partial charge on any atom is 0.411 e. The van der Waals surface area contributed by atoms with E-state index in [-0.39, 0.29) is 43.1 Å². The Morgan fingerprint density at radius 2 is 1.91 bits per heavy atom. The smallest absolute Gasteiger partial charge is 0.411 e. The third-order valence-electron chi connectivity index (χ3n) is 7.71. The predicted molar refractivity (Wildman–Crippen MR) is 118 cm³/mol. The molecule has 0 radical (unpaired) electrons. The number of fused-ring (bicyclic) bond motifs is 1. The summed E-state index contributed by atoms with van der Waals surface area (Å²) in [5.41, 5.74) is 3.38. The first-order chi connectivity index (χ1) is 15.5. The van der Waals surface area contributed by atoms with Crippen molar-refractivity contribution in [3.63, 3.8) is 0 Å². The number of β-amino-alcohol motifs (C(OH)–C–C–N with tert-alkyl or cyclic N) is 1. The van der Waals surface area contributed by atoms with Gasteiger partial charge in [-0.3, -0.25) is 15.6 Å². The summed E-state index contributed by atoms with van der Waals surface area (Å²) in [4.78, 5) is 29.6. The van der Waals surface area contributed by atoms with Gasteiger partial charge in [-0.15, -0.1) is 0 Å². The monoisotopic (exact) mass is 453 g/mol. The SMILES string of the molecule is COC(=O)N1C2CCC(C3CNN(CCO)C3)CC2N(C(=O)OC2CCCCN2)C[C@@H]1C. The second-order valence-electron chi connectivity index (χ2n) is 9.70. The molecule has 3 heterocycles. The summed E-state index contributed by atoms with van der Waals surface area (Å²) >= 11 is 0. The van der Waals surface area contributed by atoms with Gasteiger partial charge in [0.2, 0.25) is 0 Å². The number of piperidine rings is 1. The molecule has 182 valence electrons. The van der Waals surface area contributed by atoms with E-state index in [9.17, 15) is 14.7 Å². The summed E-state index contributed by atoms with van der Waals surface area (Å²) in [7, 11) is 1.42. The zero-order chi connectivity index (χ0) is 22.7. The molecule has 3 saturated heterocycles. The van der Waals surface area contributed by atoms with Crippen LogP contribution in [-0.4, -0.2) is 103 Å². The number of piperazine rings is 1. The molecule has 5 unspecified atom stereocenters. The topological polar surface area (TPSA) is 107 Å². The number of methoxy groups -OCH3 is 1. The first-order valence-corrected chi connectivity index (χ1v) is 12.2. The molecular formula is C22H39N5O5. The highest BCUT2D eigenvalue weighted by molar-refractivity contribution is 5.72. The highest BCUT2D eigenvalue weighted by Crippen LogP contribution is 2.40. The largest absolute Gasteiger partial charge is 0.453 e. The summed E-state index contributed by atoms with van der Waals surface area (Å²) in [6.45, 7) is 5.84. The first-order valence-electron chi connectivity index (χ1n) is 12.2. The number of aliphatic hydroxyl groups excluding tert-OH is 1. The third kappa shape index (κ3) is 4.98. The fraction of sp³-hybridized carbons (Fsp3) is 0.909. The van der Waals surface area contributed by atoms with Crippen molar-refractivity contribution in [2.45, 2.75) is 69.8 Å². The Morgan fingerprint density at radius 3 is 2.62 bits per heavy atom. The predicted octanol–water partition coefficient (Wildman–Crippen LogP) is 0.961. The van der Waals surface area contributed by atoms with Crippen LogP contribution in [0.15, 0.2) is 0 Å². The van der Waals surface area contributed by atoms with Gasteiger partial charge in [-0.05, 0) is 63.8 Å². The zero-order valence-corrected chi connectivity index (χ0v) is 19.4. The van der Waals surface area contributed by atoms with Gasteiger partial charge in [0.05, 0.1) is 31.8 Å². The molecule has 3 aliphatic heterocycles. The molecule has 0 aromatic carbocycles. The Bertz CT molecular complexity index is 661. The van der Waals surface area contributed by atoms with Crippen molar-refractivity contribution in [2.75, 3.05) is 46.4 Å². The van der Waals surface area contributed by atoms with E-state index in [0.717, 1.165) is 58.2 Å². The Kier molecular flexibility index (Phi) is 7.75. The van der Waals surface area contributed by atoms with Gasteiger partial charge in [0.15, 0.2) is 6.23 Å². The van der Waals surface area contributed by atoms with E-state index in [1.54, 1.807) is 0 Å². The number of nitrogens with one attached hydrogen (secondary N) is 2. The number of carbonyl (C=O) groups excluding carboxylic acids is 2. The Morgan fingerprint density at radius 1 is 1.06 bits per heavy atom. The van der Waals surface area contributed by atoms with Crippen LogP contribution in [0, 0.1) is 11.8 Å². The molecule has 0 aromatic heterocycles. The minimum Gasteiger partial charge on any atom is -0.453 e. The lowest BCUT2D eigenvalue weighted by molar-refractivity contribution is -0.0513. The number of amides is 2. The van der Waals surface area contributed by atoms with E-state index >= 15 is 0 Å². The van der Waals surface area contributed by atoms with Crippen molar-refractivity contribution in [1.29, 1.82) is 0 Å². The number of aliphatic hydroxyl groups is 1. The van der Waals surface area contributed by atoms with Crippen LogP contribution in [0.2, 0.25) is 0 Å². The number of rotatable bonds is 4. The Labute approximate surface area is 190 Å². The first kappa shape index (κ1) is 23.5. The molecule has 0 bridgehead atoms. The van der Waals surface area contributed by atoms with Crippen LogP contribution >= 0.6 is 0 Å². The molecule has 32 heavy (non-hydrogen) atoms. The summed E-state index contributed by atoms with van der Waals surface area (Å²) in [5, 5.41) is 14.6. The highest BCUT2D eigenvalue weighted by atomic mass is 16.6. The molecule has 10 nitrogen and oxygen atoms in total. The summed E-state index contributed by atoms with van der Waals surface area (Å²) in [5.74, 6) is 0.912. The molecule has 10 heteroatoms. The van der Waals surface area contributed by atoms with Crippen molar-refractivity contribution >= 4 is 12.2 Å². The normalized spacial score (nSPS) is 36.0. The summed E-state index contributed by atoms with van der Waals surface area (Å²) in [6.07, 6.45) is 4.89. The average molecular weight is 454 g/mol. The summed E-state index contributed by atoms with van der Waals surface area (Å²) < 4.78 is 10.9. The molecule has 4 fully saturated rings. The number of hydrogen-bond acceptors (Lipinski definition) is 8. The molecule has 4 aliphatic rings. The van der Waals surface area contributed by atoms with E-state index in [0.29, 0.717) is 24.9 Å². The molecule has 1 aliphatic carbocycles. The number of nitrogens with zero attached hydrogens (tertiary/aromatic N) is 3. The van der Waals surface area contributed by atoms with Crippen molar-refractivity contribution in [1.82, 2.24) is 25.6 Å². The number of carbonyl (C=O) groups is 2. The van der Waals surface area contributed by atoms with Gasteiger partial charge in [0, 0.05) is 26.2 Å². The minimum absolute atomic E-state index is 0.0581. The average Bonchev–Trinajstić information content (AvgIpc) is 3.27. The second kappa shape index (κ2) is 10.5. The van der Waals surface area contributed by atoms with Gasteiger partial charge in [0.1, 0.15) is 0 Å². The van der Waals surface area contributed by atoms with Crippen LogP contribution in [0.25, 0.3) is 0 Å². The molecular weight excluding hydrogens is 414 g/mol. The molecule has 1 saturated carbocycles. The third-order valence-corrected chi connectivity index (χ3v) is 7.71. The van der Waals surface area contributed by atoms with E-state index in [1.165, 1.54) is 7.11 Å². The van der Waals surface area contributed by atoms with Crippen LogP contribution < -0.4 is 10.7 Å². The summed E-state index contributed by atoms with van der Waals surface area (Å²) in [6, 6.07) is -0.260. The van der Waals surface area contributed by atoms with E-state index < -0.39 is 0 Å². The maximum absolute atomic E-state index is 13.3. The van der Waals surface area contributed by atoms with E-state index in [2.05, 4.69) is 15.8 Å². The standard InChI is InChI=1S/C22H39N5O5/c1-15-13-26(21(29)32-20-5-3-4-8-23-20)19-11-16(17-12-24-25(14-17)9-10-28)6-7-18(19)27(15)22(30)31-2/h15-20,23-24,28H,3-14H2,1-2H3/t15-,16?,17?,18?,19?,20?/m0/s1. The van der Waals surface area contributed by atoms with Crippen LogP contribution in [-0.2, 0) is 9.47 Å². The van der Waals surface area contributed by atoms with Crippen molar-refractivity contribution in [2.24, 2.45) is 11.8 Å². The fourth-order valence-electron chi connectivity index (χ4n) is 6.09. The number of ether oxygens (including phenoxy) is 2. The molecule has 4 rings (SSSR count). The van der Waals surface area contributed by atoms with E-state index in [1.807, 2.05) is 16.7 Å². The maximum atomic E-state index is 13.3. The number of hydrogen-bond donors (Lipinski definition) is 3. The Hall–Kier alpha value is -1.62. The van der Waals surface area contributed by atoms with Crippen molar-refractivity contribution in [3.8, 4) is 0 Å². The van der Waals surface area contributed by atoms with Crippen molar-refractivity contribution < 1.29 is 24.2 Å². The molecule has 0 aromatic rings. The van der Waals surface area contributed by atoms with Gasteiger partial charge in [-0.1, -0.05) is 0 Å². The zero-order valence-electron chi connectivity index (χ0n) is 19.4. The van der Waals surface area contributed by atoms with Gasteiger partial charge in [-0.25, -0.2) is 14.6 Å². The second-order valence-corrected chi connectivity index (χ2v) is 9.70. The van der Waals surface area contributed by atoms with Crippen molar-refractivity contribution in [3.05, 3.63) is 0 Å². The highest BCUT2D eigenvalue weighted by Gasteiger charge is 2.49. The molecule has 0 spiro atoms. The van der Waals surface area contributed by atoms with Gasteiger partial charge in [0.25, 0.3) is 0 Å². The lowest BCUT2D eigenvalue weighted by Crippen LogP contribution is -2.67. The lowest BCUT2D eigenvalue weighted by Gasteiger charge is -2.53. The quantitative estimate of drug-likeness (QED) is 0.578. The fourth-order valence-corrected chi connectivity index (χ4v) is 6.09. The van der Waals surface area contributed by atoms with E-state index in [4.69, 9.17) is 9.47 Å². The lowest BCUT2D eigenvalue weighted by atomic mass is 9.73. The van der Waals surface area contributed by atoms with Crippen LogP contribution in [0.4, 0.5) is 9.59 Å². The molecule has 6 atom stereocenters. The Balaban J connectivity index is 1.48. The number of hydrazine groups is 1. The van der Waals surface area contributed by atoms with Crippen LogP contribution in [0.3, 0.4) is 0 Å². The van der Waals surface area contributed by atoms with Crippen LogP contribution in [0.1, 0.15) is 45.4 Å². The molecule has 3 N–H and O–H groups in total.